The average Bonchev–Trinajstić information content (AvgIpc) is 2.49. The summed E-state index contributed by atoms with van der Waals surface area (Å²) in [7, 11) is 0. The summed E-state index contributed by atoms with van der Waals surface area (Å²) in [6, 6.07) is 12.2. The van der Waals surface area contributed by atoms with Crippen LogP contribution in [0.25, 0.3) is 10.8 Å². The number of benzene rings is 2. The second kappa shape index (κ2) is 7.18. The molecule has 0 saturated carbocycles. The zero-order chi connectivity index (χ0) is 14.4. The van der Waals surface area contributed by atoms with Gasteiger partial charge in [-0.3, -0.25) is 0 Å². The number of hydrogen-bond acceptors (Lipinski definition) is 2. The standard InChI is InChI=1S/C18H25NO/c1-3-5-13-19(14-6-4-2)17-12-11-15-9-7-8-10-16(15)18(17)20/h7-12,20H,3-6,13-14H2,1-2H3. The molecule has 0 saturated heterocycles. The smallest absolute Gasteiger partial charge is 0.146 e. The van der Waals surface area contributed by atoms with Gasteiger partial charge in [-0.1, -0.05) is 57.0 Å². The summed E-state index contributed by atoms with van der Waals surface area (Å²) in [4.78, 5) is 2.33. The Labute approximate surface area is 122 Å². The highest BCUT2D eigenvalue weighted by atomic mass is 16.3. The molecule has 2 heteroatoms. The minimum Gasteiger partial charge on any atom is -0.505 e. The fraction of sp³-hybridized carbons (Fsp3) is 0.444. The van der Waals surface area contributed by atoms with E-state index in [4.69, 9.17) is 0 Å². The van der Waals surface area contributed by atoms with Gasteiger partial charge in [0.1, 0.15) is 5.75 Å². The number of phenolic OH excluding ortho intramolecular Hbond substituents is 1. The van der Waals surface area contributed by atoms with Crippen LogP contribution in [-0.4, -0.2) is 18.2 Å². The van der Waals surface area contributed by atoms with Gasteiger partial charge < -0.3 is 10.0 Å². The molecule has 0 aliphatic rings. The lowest BCUT2D eigenvalue weighted by Crippen LogP contribution is -2.25. The number of nitrogens with zero attached hydrogens (tertiary/aromatic N) is 1. The molecule has 0 aliphatic heterocycles. The van der Waals surface area contributed by atoms with Gasteiger partial charge in [0.15, 0.2) is 0 Å². The predicted octanol–water partition coefficient (Wildman–Crippen LogP) is 4.95. The van der Waals surface area contributed by atoms with Crippen molar-refractivity contribution in [1.29, 1.82) is 0 Å². The van der Waals surface area contributed by atoms with Crippen LogP contribution in [-0.2, 0) is 0 Å². The van der Waals surface area contributed by atoms with Crippen molar-refractivity contribution in [2.24, 2.45) is 0 Å². The van der Waals surface area contributed by atoms with Crippen LogP contribution in [0.2, 0.25) is 0 Å². The second-order valence-electron chi connectivity index (χ2n) is 5.35. The first-order chi connectivity index (χ1) is 9.77. The number of fused-ring (bicyclic) bond motifs is 1. The summed E-state index contributed by atoms with van der Waals surface area (Å²) < 4.78 is 0. The van der Waals surface area contributed by atoms with E-state index in [0.717, 1.165) is 42.4 Å². The Morgan fingerprint density at radius 1 is 0.900 bits per heavy atom. The summed E-state index contributed by atoms with van der Waals surface area (Å²) >= 11 is 0. The van der Waals surface area contributed by atoms with E-state index >= 15 is 0 Å². The molecule has 20 heavy (non-hydrogen) atoms. The maximum atomic E-state index is 10.6. The Balaban J connectivity index is 2.33. The third-order valence-electron chi connectivity index (χ3n) is 3.78. The number of unbranched alkanes of at least 4 members (excludes halogenated alkanes) is 2. The van der Waals surface area contributed by atoms with Gasteiger partial charge in [0.25, 0.3) is 0 Å². The molecular weight excluding hydrogens is 246 g/mol. The minimum atomic E-state index is 0.426. The normalized spacial score (nSPS) is 10.9. The van der Waals surface area contributed by atoms with Crippen molar-refractivity contribution < 1.29 is 5.11 Å². The van der Waals surface area contributed by atoms with Gasteiger partial charge in [0.05, 0.1) is 5.69 Å². The quantitative estimate of drug-likeness (QED) is 0.770. The van der Waals surface area contributed by atoms with Gasteiger partial charge in [0.2, 0.25) is 0 Å². The van der Waals surface area contributed by atoms with Crippen molar-refractivity contribution in [3.05, 3.63) is 36.4 Å². The Kier molecular flexibility index (Phi) is 5.28. The van der Waals surface area contributed by atoms with E-state index in [2.05, 4.69) is 30.9 Å². The van der Waals surface area contributed by atoms with Crippen molar-refractivity contribution in [2.75, 3.05) is 18.0 Å². The molecule has 0 atom stereocenters. The number of anilines is 1. The molecule has 0 heterocycles. The van der Waals surface area contributed by atoms with Crippen molar-refractivity contribution in [2.45, 2.75) is 39.5 Å². The molecule has 2 aromatic carbocycles. The van der Waals surface area contributed by atoms with E-state index in [9.17, 15) is 5.11 Å². The van der Waals surface area contributed by atoms with Crippen LogP contribution < -0.4 is 4.90 Å². The van der Waals surface area contributed by atoms with Gasteiger partial charge in [-0.2, -0.15) is 0 Å². The Morgan fingerprint density at radius 2 is 1.55 bits per heavy atom. The zero-order valence-corrected chi connectivity index (χ0v) is 12.6. The van der Waals surface area contributed by atoms with E-state index in [0.29, 0.717) is 5.75 Å². The van der Waals surface area contributed by atoms with E-state index in [1.54, 1.807) is 0 Å². The van der Waals surface area contributed by atoms with Crippen molar-refractivity contribution >= 4 is 16.5 Å². The number of hydrogen-bond donors (Lipinski definition) is 1. The Bertz CT molecular complexity index is 542. The molecule has 0 aliphatic carbocycles. The lowest BCUT2D eigenvalue weighted by atomic mass is 10.1. The molecule has 108 valence electrons. The molecular formula is C18H25NO. The molecule has 0 radical (unpaired) electrons. The highest BCUT2D eigenvalue weighted by Gasteiger charge is 2.12. The highest BCUT2D eigenvalue weighted by Crippen LogP contribution is 2.35. The van der Waals surface area contributed by atoms with Crippen LogP contribution in [0.3, 0.4) is 0 Å². The summed E-state index contributed by atoms with van der Waals surface area (Å²) in [6.45, 7) is 6.45. The molecule has 2 nitrogen and oxygen atoms in total. The van der Waals surface area contributed by atoms with Crippen molar-refractivity contribution in [3.63, 3.8) is 0 Å². The molecule has 0 spiro atoms. The fourth-order valence-corrected chi connectivity index (χ4v) is 2.55. The molecule has 0 amide bonds. The molecule has 0 aromatic heterocycles. The van der Waals surface area contributed by atoms with Crippen LogP contribution in [0, 0.1) is 0 Å². The van der Waals surface area contributed by atoms with Crippen molar-refractivity contribution in [1.82, 2.24) is 0 Å². The van der Waals surface area contributed by atoms with E-state index in [1.807, 2.05) is 24.3 Å². The predicted molar refractivity (Wildman–Crippen MR) is 87.6 cm³/mol. The van der Waals surface area contributed by atoms with Gasteiger partial charge in [0, 0.05) is 18.5 Å². The van der Waals surface area contributed by atoms with E-state index in [-0.39, 0.29) is 0 Å². The Morgan fingerprint density at radius 3 is 2.20 bits per heavy atom. The van der Waals surface area contributed by atoms with Gasteiger partial charge in [-0.25, -0.2) is 0 Å². The first-order valence-corrected chi connectivity index (χ1v) is 7.73. The largest absolute Gasteiger partial charge is 0.505 e. The SMILES string of the molecule is CCCCN(CCCC)c1ccc2ccccc2c1O. The first-order valence-electron chi connectivity index (χ1n) is 7.73. The summed E-state index contributed by atoms with van der Waals surface area (Å²) in [5.74, 6) is 0.426. The van der Waals surface area contributed by atoms with Crippen LogP contribution in [0.5, 0.6) is 5.75 Å². The Hall–Kier alpha value is -1.70. The molecule has 0 bridgehead atoms. The number of aromatic hydroxyl groups is 1. The molecule has 2 rings (SSSR count). The third-order valence-corrected chi connectivity index (χ3v) is 3.78. The first kappa shape index (κ1) is 14.7. The van der Waals surface area contributed by atoms with Gasteiger partial charge >= 0.3 is 0 Å². The highest BCUT2D eigenvalue weighted by molar-refractivity contribution is 5.93. The van der Waals surface area contributed by atoms with Crippen LogP contribution >= 0.6 is 0 Å². The average molecular weight is 271 g/mol. The number of rotatable bonds is 7. The second-order valence-corrected chi connectivity index (χ2v) is 5.35. The maximum absolute atomic E-state index is 10.6. The number of phenols is 1. The third kappa shape index (κ3) is 3.24. The molecule has 0 unspecified atom stereocenters. The topological polar surface area (TPSA) is 23.5 Å². The van der Waals surface area contributed by atoms with Crippen LogP contribution in [0.4, 0.5) is 5.69 Å². The monoisotopic (exact) mass is 271 g/mol. The summed E-state index contributed by atoms with van der Waals surface area (Å²) in [5, 5.41) is 12.6. The summed E-state index contributed by atoms with van der Waals surface area (Å²) in [5.41, 5.74) is 0.977. The zero-order valence-electron chi connectivity index (χ0n) is 12.6. The van der Waals surface area contributed by atoms with Gasteiger partial charge in [-0.05, 0) is 24.3 Å². The van der Waals surface area contributed by atoms with Crippen LogP contribution in [0.15, 0.2) is 36.4 Å². The molecule has 1 N–H and O–H groups in total. The summed E-state index contributed by atoms with van der Waals surface area (Å²) in [6.07, 6.45) is 4.68. The van der Waals surface area contributed by atoms with E-state index in [1.165, 1.54) is 12.8 Å². The minimum absolute atomic E-state index is 0.426. The molecule has 2 aromatic rings. The van der Waals surface area contributed by atoms with Crippen LogP contribution in [0.1, 0.15) is 39.5 Å². The maximum Gasteiger partial charge on any atom is 0.146 e. The van der Waals surface area contributed by atoms with Gasteiger partial charge in [-0.15, -0.1) is 0 Å². The molecule has 0 fully saturated rings. The fourth-order valence-electron chi connectivity index (χ4n) is 2.55. The lowest BCUT2D eigenvalue weighted by Gasteiger charge is -2.26. The van der Waals surface area contributed by atoms with Crippen molar-refractivity contribution in [3.8, 4) is 5.75 Å². The van der Waals surface area contributed by atoms with E-state index < -0.39 is 0 Å². The lowest BCUT2D eigenvalue weighted by molar-refractivity contribution is 0.479.